The lowest BCUT2D eigenvalue weighted by Gasteiger charge is -2.40. The molecule has 0 radical (unpaired) electrons. The van der Waals surface area contributed by atoms with E-state index in [9.17, 15) is 4.79 Å². The fourth-order valence-electron chi connectivity index (χ4n) is 2.64. The van der Waals surface area contributed by atoms with Gasteiger partial charge in [0.1, 0.15) is 5.60 Å². The zero-order chi connectivity index (χ0) is 16.2. The van der Waals surface area contributed by atoms with E-state index < -0.39 is 5.60 Å². The van der Waals surface area contributed by atoms with Gasteiger partial charge >= 0.3 is 6.09 Å². The molecular formula is C18H27NO3. The Hall–Kier alpha value is -1.55. The van der Waals surface area contributed by atoms with Crippen molar-refractivity contribution < 1.29 is 14.3 Å². The van der Waals surface area contributed by atoms with Gasteiger partial charge in [0.25, 0.3) is 0 Å². The number of amides is 1. The largest absolute Gasteiger partial charge is 0.444 e. The number of rotatable bonds is 3. The van der Waals surface area contributed by atoms with Crippen LogP contribution in [0.4, 0.5) is 4.79 Å². The topological polar surface area (TPSA) is 38.8 Å². The summed E-state index contributed by atoms with van der Waals surface area (Å²) in [4.78, 5) is 14.0. The SMILES string of the molecule is CC(C)(C)OC(=O)N1CCCC(C)(OCc2ccccc2)C1. The molecule has 0 bridgehead atoms. The third kappa shape index (κ3) is 5.02. The summed E-state index contributed by atoms with van der Waals surface area (Å²) >= 11 is 0. The molecule has 1 unspecified atom stereocenters. The number of hydrogen-bond acceptors (Lipinski definition) is 3. The van der Waals surface area contributed by atoms with Crippen LogP contribution in [-0.4, -0.2) is 35.3 Å². The fourth-order valence-corrected chi connectivity index (χ4v) is 2.64. The van der Waals surface area contributed by atoms with Crippen molar-refractivity contribution in [2.45, 2.75) is 58.3 Å². The maximum atomic E-state index is 12.2. The highest BCUT2D eigenvalue weighted by Crippen LogP contribution is 2.27. The molecule has 1 amide bonds. The van der Waals surface area contributed by atoms with E-state index in [1.165, 1.54) is 0 Å². The summed E-state index contributed by atoms with van der Waals surface area (Å²) in [5, 5.41) is 0. The Balaban J connectivity index is 1.92. The minimum atomic E-state index is -0.462. The van der Waals surface area contributed by atoms with Crippen LogP contribution in [0.2, 0.25) is 0 Å². The number of nitrogens with zero attached hydrogens (tertiary/aromatic N) is 1. The van der Waals surface area contributed by atoms with E-state index in [0.717, 1.165) is 24.9 Å². The van der Waals surface area contributed by atoms with Crippen LogP contribution in [0.5, 0.6) is 0 Å². The van der Waals surface area contributed by atoms with Crippen molar-refractivity contribution in [2.24, 2.45) is 0 Å². The molecule has 0 N–H and O–H groups in total. The molecule has 1 aliphatic heterocycles. The van der Waals surface area contributed by atoms with Crippen LogP contribution in [0.3, 0.4) is 0 Å². The summed E-state index contributed by atoms with van der Waals surface area (Å²) in [5.41, 5.74) is 0.374. The van der Waals surface area contributed by atoms with Crippen LogP contribution in [0, 0.1) is 0 Å². The molecule has 1 saturated heterocycles. The van der Waals surface area contributed by atoms with E-state index in [1.807, 2.05) is 39.0 Å². The monoisotopic (exact) mass is 305 g/mol. The van der Waals surface area contributed by atoms with Crippen LogP contribution in [0.25, 0.3) is 0 Å². The van der Waals surface area contributed by atoms with Gasteiger partial charge in [0, 0.05) is 6.54 Å². The van der Waals surface area contributed by atoms with Crippen molar-refractivity contribution in [3.05, 3.63) is 35.9 Å². The normalized spacial score (nSPS) is 22.5. The molecule has 1 aromatic carbocycles. The summed E-state index contributed by atoms with van der Waals surface area (Å²) in [7, 11) is 0. The number of benzene rings is 1. The van der Waals surface area contributed by atoms with Gasteiger partial charge < -0.3 is 14.4 Å². The van der Waals surface area contributed by atoms with Crippen molar-refractivity contribution in [1.29, 1.82) is 0 Å². The van der Waals surface area contributed by atoms with Crippen molar-refractivity contribution in [1.82, 2.24) is 4.90 Å². The lowest BCUT2D eigenvalue weighted by Crippen LogP contribution is -2.51. The highest BCUT2D eigenvalue weighted by molar-refractivity contribution is 5.68. The molecule has 1 atom stereocenters. The molecule has 1 heterocycles. The molecule has 0 saturated carbocycles. The second kappa shape index (κ2) is 6.69. The molecule has 1 aromatic rings. The third-order valence-electron chi connectivity index (χ3n) is 3.74. The predicted octanol–water partition coefficient (Wildman–Crippen LogP) is 3.99. The highest BCUT2D eigenvalue weighted by atomic mass is 16.6. The van der Waals surface area contributed by atoms with Gasteiger partial charge in [0.2, 0.25) is 0 Å². The fraction of sp³-hybridized carbons (Fsp3) is 0.611. The highest BCUT2D eigenvalue weighted by Gasteiger charge is 2.35. The summed E-state index contributed by atoms with van der Waals surface area (Å²) in [6, 6.07) is 10.1. The Kier molecular flexibility index (Phi) is 5.12. The molecular weight excluding hydrogens is 278 g/mol. The van der Waals surface area contributed by atoms with E-state index >= 15 is 0 Å². The van der Waals surface area contributed by atoms with E-state index in [4.69, 9.17) is 9.47 Å². The first-order valence-corrected chi connectivity index (χ1v) is 7.93. The molecule has 1 aliphatic rings. The smallest absolute Gasteiger partial charge is 0.410 e. The Morgan fingerprint density at radius 3 is 2.59 bits per heavy atom. The maximum absolute atomic E-state index is 12.2. The second-order valence-electron chi connectivity index (χ2n) is 7.23. The lowest BCUT2D eigenvalue weighted by atomic mass is 9.95. The average Bonchev–Trinajstić information content (AvgIpc) is 2.45. The Morgan fingerprint density at radius 2 is 1.95 bits per heavy atom. The van der Waals surface area contributed by atoms with Crippen molar-refractivity contribution in [3.63, 3.8) is 0 Å². The van der Waals surface area contributed by atoms with Crippen molar-refractivity contribution in [3.8, 4) is 0 Å². The van der Waals surface area contributed by atoms with Gasteiger partial charge in [-0.05, 0) is 46.1 Å². The number of hydrogen-bond donors (Lipinski definition) is 0. The Bertz CT molecular complexity index is 495. The number of likely N-dealkylation sites (tertiary alicyclic amines) is 1. The number of ether oxygens (including phenoxy) is 2. The lowest BCUT2D eigenvalue weighted by molar-refractivity contribution is -0.0879. The molecule has 0 spiro atoms. The summed E-state index contributed by atoms with van der Waals surface area (Å²) < 4.78 is 11.6. The summed E-state index contributed by atoms with van der Waals surface area (Å²) in [6.07, 6.45) is 1.64. The van der Waals surface area contributed by atoms with Crippen LogP contribution in [0.1, 0.15) is 46.1 Å². The first-order valence-electron chi connectivity index (χ1n) is 7.93. The molecule has 4 nitrogen and oxygen atoms in total. The van der Waals surface area contributed by atoms with E-state index in [-0.39, 0.29) is 11.7 Å². The minimum Gasteiger partial charge on any atom is -0.444 e. The molecule has 122 valence electrons. The Labute approximate surface area is 133 Å². The maximum Gasteiger partial charge on any atom is 0.410 e. The predicted molar refractivity (Wildman–Crippen MR) is 86.7 cm³/mol. The van der Waals surface area contributed by atoms with Crippen molar-refractivity contribution in [2.75, 3.05) is 13.1 Å². The van der Waals surface area contributed by atoms with Gasteiger partial charge in [-0.3, -0.25) is 0 Å². The molecule has 0 aromatic heterocycles. The molecule has 2 rings (SSSR count). The number of carbonyl (C=O) groups excluding carboxylic acids is 1. The van der Waals surface area contributed by atoms with Crippen LogP contribution in [0.15, 0.2) is 30.3 Å². The van der Waals surface area contributed by atoms with Gasteiger partial charge in [-0.25, -0.2) is 4.79 Å². The van der Waals surface area contributed by atoms with Gasteiger partial charge in [0.05, 0.1) is 18.8 Å². The molecule has 0 aliphatic carbocycles. The first kappa shape index (κ1) is 16.8. The zero-order valence-electron chi connectivity index (χ0n) is 14.1. The Morgan fingerprint density at radius 1 is 1.27 bits per heavy atom. The van der Waals surface area contributed by atoms with Gasteiger partial charge in [-0.15, -0.1) is 0 Å². The van der Waals surface area contributed by atoms with Crippen LogP contribution >= 0.6 is 0 Å². The first-order chi connectivity index (χ1) is 10.3. The van der Waals surface area contributed by atoms with Gasteiger partial charge in [0.15, 0.2) is 0 Å². The molecule has 1 fully saturated rings. The number of piperidine rings is 1. The number of carbonyl (C=O) groups is 1. The summed E-state index contributed by atoms with van der Waals surface area (Å²) in [6.45, 7) is 9.62. The summed E-state index contributed by atoms with van der Waals surface area (Å²) in [5.74, 6) is 0. The van der Waals surface area contributed by atoms with E-state index in [2.05, 4.69) is 19.1 Å². The zero-order valence-corrected chi connectivity index (χ0v) is 14.1. The second-order valence-corrected chi connectivity index (χ2v) is 7.23. The quantitative estimate of drug-likeness (QED) is 0.847. The third-order valence-corrected chi connectivity index (χ3v) is 3.74. The molecule has 22 heavy (non-hydrogen) atoms. The van der Waals surface area contributed by atoms with Crippen LogP contribution in [-0.2, 0) is 16.1 Å². The standard InChI is InChI=1S/C18H27NO3/c1-17(2,3)22-16(20)19-12-8-11-18(4,14-19)21-13-15-9-6-5-7-10-15/h5-7,9-10H,8,11-14H2,1-4H3. The average molecular weight is 305 g/mol. The van der Waals surface area contributed by atoms with Gasteiger partial charge in [-0.1, -0.05) is 30.3 Å². The molecule has 4 heteroatoms. The van der Waals surface area contributed by atoms with Crippen LogP contribution < -0.4 is 0 Å². The van der Waals surface area contributed by atoms with E-state index in [1.54, 1.807) is 4.90 Å². The van der Waals surface area contributed by atoms with Gasteiger partial charge in [-0.2, -0.15) is 0 Å². The van der Waals surface area contributed by atoms with Crippen molar-refractivity contribution >= 4 is 6.09 Å². The minimum absolute atomic E-state index is 0.248. The van der Waals surface area contributed by atoms with E-state index in [0.29, 0.717) is 13.2 Å².